The summed E-state index contributed by atoms with van der Waals surface area (Å²) in [5, 5.41) is 2.97. The van der Waals surface area contributed by atoms with E-state index in [2.05, 4.69) is 10.3 Å². The predicted octanol–water partition coefficient (Wildman–Crippen LogP) is 1.16. The van der Waals surface area contributed by atoms with Crippen LogP contribution in [0.3, 0.4) is 0 Å². The Labute approximate surface area is 189 Å². The number of nitrogens with zero attached hydrogens (tertiary/aromatic N) is 3. The fourth-order valence-electron chi connectivity index (χ4n) is 3.36. The highest BCUT2D eigenvalue weighted by molar-refractivity contribution is 5.97. The van der Waals surface area contributed by atoms with Crippen molar-refractivity contribution in [1.82, 2.24) is 14.5 Å². The summed E-state index contributed by atoms with van der Waals surface area (Å²) >= 11 is 0. The molecule has 1 aromatic heterocycles. The molecule has 2 aromatic carbocycles. The van der Waals surface area contributed by atoms with E-state index in [1.54, 1.807) is 62.6 Å². The average molecular weight is 448 g/mol. The SMILES string of the molecule is Cc1c(C(N)=O)cccc1-c1cn(C)c(=O)c(Nc2ccc(C(=O)N(C)CC(N)=O)cc2)n1. The van der Waals surface area contributed by atoms with Crippen molar-refractivity contribution in [2.75, 3.05) is 18.9 Å². The molecule has 0 atom stereocenters. The Balaban J connectivity index is 1.91. The molecule has 3 rings (SSSR count). The second-order valence-electron chi connectivity index (χ2n) is 7.56. The third-order valence-corrected chi connectivity index (χ3v) is 5.08. The molecule has 0 radical (unpaired) electrons. The van der Waals surface area contributed by atoms with E-state index in [9.17, 15) is 19.2 Å². The minimum atomic E-state index is -0.609. The number of aromatic nitrogens is 2. The van der Waals surface area contributed by atoms with Gasteiger partial charge in [0.1, 0.15) is 0 Å². The molecule has 0 bridgehead atoms. The first kappa shape index (κ1) is 23.2. The second-order valence-corrected chi connectivity index (χ2v) is 7.56. The van der Waals surface area contributed by atoms with Crippen LogP contribution in [-0.4, -0.2) is 45.8 Å². The molecule has 0 fully saturated rings. The Morgan fingerprint density at radius 1 is 1.09 bits per heavy atom. The van der Waals surface area contributed by atoms with Gasteiger partial charge in [-0.2, -0.15) is 0 Å². The van der Waals surface area contributed by atoms with E-state index in [4.69, 9.17) is 11.5 Å². The van der Waals surface area contributed by atoms with E-state index in [0.717, 1.165) is 0 Å². The van der Waals surface area contributed by atoms with E-state index in [-0.39, 0.29) is 23.8 Å². The first-order chi connectivity index (χ1) is 15.6. The molecule has 0 aliphatic carbocycles. The van der Waals surface area contributed by atoms with Gasteiger partial charge in [-0.25, -0.2) is 4.98 Å². The van der Waals surface area contributed by atoms with Gasteiger partial charge in [-0.15, -0.1) is 0 Å². The molecule has 0 spiro atoms. The molecule has 5 N–H and O–H groups in total. The molecule has 1 heterocycles. The van der Waals surface area contributed by atoms with Crippen molar-refractivity contribution in [3.05, 3.63) is 75.7 Å². The number of nitrogens with two attached hydrogens (primary N) is 2. The summed E-state index contributed by atoms with van der Waals surface area (Å²) in [6, 6.07) is 11.5. The van der Waals surface area contributed by atoms with E-state index < -0.39 is 11.8 Å². The van der Waals surface area contributed by atoms with Gasteiger partial charge in [0, 0.05) is 42.7 Å². The molecule has 0 aliphatic heterocycles. The Morgan fingerprint density at radius 2 is 1.76 bits per heavy atom. The first-order valence-corrected chi connectivity index (χ1v) is 9.96. The molecule has 33 heavy (non-hydrogen) atoms. The lowest BCUT2D eigenvalue weighted by molar-refractivity contribution is -0.118. The van der Waals surface area contributed by atoms with Crippen LogP contribution in [0.5, 0.6) is 0 Å². The van der Waals surface area contributed by atoms with Crippen LogP contribution < -0.4 is 22.3 Å². The number of hydrogen-bond acceptors (Lipinski definition) is 6. The minimum absolute atomic E-state index is 0.0730. The fourth-order valence-corrected chi connectivity index (χ4v) is 3.36. The van der Waals surface area contributed by atoms with Gasteiger partial charge < -0.3 is 26.3 Å². The molecular weight excluding hydrogens is 424 g/mol. The quantitative estimate of drug-likeness (QED) is 0.493. The van der Waals surface area contributed by atoms with Gasteiger partial charge in [0.2, 0.25) is 11.8 Å². The summed E-state index contributed by atoms with van der Waals surface area (Å²) in [7, 11) is 3.08. The molecular formula is C23H24N6O4. The zero-order chi connectivity index (χ0) is 24.3. The summed E-state index contributed by atoms with van der Waals surface area (Å²) < 4.78 is 1.39. The highest BCUT2D eigenvalue weighted by atomic mass is 16.2. The smallest absolute Gasteiger partial charge is 0.293 e. The van der Waals surface area contributed by atoms with Gasteiger partial charge in [-0.1, -0.05) is 12.1 Å². The van der Waals surface area contributed by atoms with E-state index in [1.165, 1.54) is 16.5 Å². The second kappa shape index (κ2) is 9.35. The lowest BCUT2D eigenvalue weighted by Crippen LogP contribution is -2.35. The summed E-state index contributed by atoms with van der Waals surface area (Å²) in [6.45, 7) is 1.57. The zero-order valence-electron chi connectivity index (χ0n) is 18.5. The summed E-state index contributed by atoms with van der Waals surface area (Å²) in [5.41, 5.74) is 13.3. The standard InChI is InChI=1S/C23H24N6O4/c1-13-16(5-4-6-17(13)20(25)31)18-11-28(2)23(33)21(27-18)26-15-9-7-14(8-10-15)22(32)29(3)12-19(24)30/h4-11H,12H2,1-3H3,(H2,24,30)(H2,25,31)(H,26,27). The van der Waals surface area contributed by atoms with Gasteiger partial charge in [0.25, 0.3) is 11.5 Å². The van der Waals surface area contributed by atoms with Crippen LogP contribution in [0.4, 0.5) is 11.5 Å². The molecule has 10 nitrogen and oxygen atoms in total. The maximum absolute atomic E-state index is 12.6. The van der Waals surface area contributed by atoms with Gasteiger partial charge in [-0.3, -0.25) is 19.2 Å². The maximum atomic E-state index is 12.6. The van der Waals surface area contributed by atoms with Crippen LogP contribution in [0.2, 0.25) is 0 Å². The lowest BCUT2D eigenvalue weighted by atomic mass is 10.00. The Morgan fingerprint density at radius 3 is 2.36 bits per heavy atom. The number of aryl methyl sites for hydroxylation is 1. The van der Waals surface area contributed by atoms with Crippen LogP contribution in [-0.2, 0) is 11.8 Å². The van der Waals surface area contributed by atoms with E-state index >= 15 is 0 Å². The van der Waals surface area contributed by atoms with Crippen molar-refractivity contribution in [3.8, 4) is 11.3 Å². The molecule has 0 unspecified atom stereocenters. The highest BCUT2D eigenvalue weighted by Crippen LogP contribution is 2.25. The Bertz CT molecular complexity index is 1300. The average Bonchev–Trinajstić information content (AvgIpc) is 2.76. The van der Waals surface area contributed by atoms with Gasteiger partial charge in [0.15, 0.2) is 5.82 Å². The number of nitrogens with one attached hydrogen (secondary N) is 1. The molecule has 170 valence electrons. The van der Waals surface area contributed by atoms with Crippen molar-refractivity contribution in [3.63, 3.8) is 0 Å². The van der Waals surface area contributed by atoms with Crippen molar-refractivity contribution in [1.29, 1.82) is 0 Å². The maximum Gasteiger partial charge on any atom is 0.293 e. The minimum Gasteiger partial charge on any atom is -0.368 e. The van der Waals surface area contributed by atoms with Crippen LogP contribution in [0, 0.1) is 6.92 Å². The summed E-state index contributed by atoms with van der Waals surface area (Å²) in [4.78, 5) is 53.4. The summed E-state index contributed by atoms with van der Waals surface area (Å²) in [6.07, 6.45) is 1.58. The highest BCUT2D eigenvalue weighted by Gasteiger charge is 2.16. The first-order valence-electron chi connectivity index (χ1n) is 9.96. The third-order valence-electron chi connectivity index (χ3n) is 5.08. The van der Waals surface area contributed by atoms with Crippen molar-refractivity contribution < 1.29 is 14.4 Å². The van der Waals surface area contributed by atoms with Crippen LogP contribution >= 0.6 is 0 Å². The van der Waals surface area contributed by atoms with Crippen LogP contribution in [0.25, 0.3) is 11.3 Å². The number of benzene rings is 2. The number of anilines is 2. The number of likely N-dealkylation sites (N-methyl/N-ethyl adjacent to an activating group) is 1. The molecule has 3 amide bonds. The number of hydrogen-bond donors (Lipinski definition) is 3. The molecule has 0 saturated carbocycles. The van der Waals surface area contributed by atoms with E-state index in [1.807, 2.05) is 0 Å². The Hall–Kier alpha value is -4.47. The number of primary amides is 2. The van der Waals surface area contributed by atoms with Crippen molar-refractivity contribution in [2.24, 2.45) is 18.5 Å². The molecule has 10 heteroatoms. The van der Waals surface area contributed by atoms with Crippen LogP contribution in [0.1, 0.15) is 26.3 Å². The van der Waals surface area contributed by atoms with Gasteiger partial charge in [-0.05, 0) is 42.8 Å². The third kappa shape index (κ3) is 5.06. The largest absolute Gasteiger partial charge is 0.368 e. The van der Waals surface area contributed by atoms with Crippen LogP contribution in [0.15, 0.2) is 53.5 Å². The monoisotopic (exact) mass is 448 g/mol. The summed E-state index contributed by atoms with van der Waals surface area (Å²) in [5.74, 6) is -1.44. The Kier molecular flexibility index (Phi) is 6.57. The topological polar surface area (TPSA) is 153 Å². The molecule has 0 saturated heterocycles. The number of amides is 3. The van der Waals surface area contributed by atoms with Gasteiger partial charge in [0.05, 0.1) is 12.2 Å². The number of carbonyl (C=O) groups excluding carboxylic acids is 3. The predicted molar refractivity (Wildman–Crippen MR) is 124 cm³/mol. The van der Waals surface area contributed by atoms with Crippen molar-refractivity contribution >= 4 is 29.2 Å². The lowest BCUT2D eigenvalue weighted by Gasteiger charge is -2.15. The van der Waals surface area contributed by atoms with Crippen molar-refractivity contribution in [2.45, 2.75) is 6.92 Å². The number of rotatable bonds is 7. The van der Waals surface area contributed by atoms with E-state index in [0.29, 0.717) is 33.6 Å². The van der Waals surface area contributed by atoms with Gasteiger partial charge >= 0.3 is 0 Å². The molecule has 0 aliphatic rings. The number of carbonyl (C=O) groups is 3. The normalized spacial score (nSPS) is 10.5. The zero-order valence-corrected chi connectivity index (χ0v) is 18.5. The molecule has 3 aromatic rings. The fraction of sp³-hybridized carbons (Fsp3) is 0.174.